The summed E-state index contributed by atoms with van der Waals surface area (Å²) in [6, 6.07) is 21.7. The van der Waals surface area contributed by atoms with E-state index in [1.54, 1.807) is 5.57 Å². The van der Waals surface area contributed by atoms with Crippen molar-refractivity contribution < 1.29 is 4.74 Å². The Morgan fingerprint density at radius 1 is 0.931 bits per heavy atom. The minimum absolute atomic E-state index is 0. The predicted octanol–water partition coefficient (Wildman–Crippen LogP) is 6.50. The lowest BCUT2D eigenvalue weighted by molar-refractivity contribution is -0.0351. The Kier molecular flexibility index (Phi) is 9.42. The minimum atomic E-state index is -0.485. The first-order valence-corrected chi connectivity index (χ1v) is 10.7. The van der Waals surface area contributed by atoms with Crippen molar-refractivity contribution in [3.8, 4) is 0 Å². The van der Waals surface area contributed by atoms with E-state index in [0.717, 1.165) is 6.42 Å². The Hall–Kier alpha value is -1.61. The number of hydrogen-bond donors (Lipinski definition) is 1. The van der Waals surface area contributed by atoms with Crippen LogP contribution in [0.25, 0.3) is 0 Å². The van der Waals surface area contributed by atoms with Crippen molar-refractivity contribution in [2.45, 2.75) is 57.1 Å². The summed E-state index contributed by atoms with van der Waals surface area (Å²) in [5.74, 6) is 0.257. The van der Waals surface area contributed by atoms with Crippen molar-refractivity contribution in [2.24, 2.45) is 5.92 Å². The largest absolute Gasteiger partial charge is 0.368 e. The van der Waals surface area contributed by atoms with Gasteiger partial charge in [-0.1, -0.05) is 85.7 Å². The SMILES string of the molecule is CNC(CC=C1CCCCC1)C(C)C(OC)(c1ccccc1)c1ccccc1.Cl. The zero-order chi connectivity index (χ0) is 19.8. The summed E-state index contributed by atoms with van der Waals surface area (Å²) in [5, 5.41) is 3.60. The van der Waals surface area contributed by atoms with Crippen molar-refractivity contribution in [3.05, 3.63) is 83.4 Å². The van der Waals surface area contributed by atoms with Gasteiger partial charge in [0.25, 0.3) is 0 Å². The molecular formula is C26H36ClNO. The molecule has 1 N–H and O–H groups in total. The number of halogens is 1. The summed E-state index contributed by atoms with van der Waals surface area (Å²) >= 11 is 0. The van der Waals surface area contributed by atoms with Crippen molar-refractivity contribution in [2.75, 3.05) is 14.2 Å². The summed E-state index contributed by atoms with van der Waals surface area (Å²) < 4.78 is 6.39. The van der Waals surface area contributed by atoms with Crippen LogP contribution in [0, 0.1) is 5.92 Å². The van der Waals surface area contributed by atoms with Crippen molar-refractivity contribution >= 4 is 12.4 Å². The smallest absolute Gasteiger partial charge is 0.122 e. The van der Waals surface area contributed by atoms with Gasteiger partial charge in [-0.15, -0.1) is 12.4 Å². The molecule has 0 heterocycles. The molecule has 1 aliphatic rings. The fourth-order valence-electron chi connectivity index (χ4n) is 4.84. The lowest BCUT2D eigenvalue weighted by atomic mass is 9.72. The van der Waals surface area contributed by atoms with E-state index in [9.17, 15) is 0 Å². The maximum absolute atomic E-state index is 6.39. The highest BCUT2D eigenvalue weighted by Crippen LogP contribution is 2.42. The van der Waals surface area contributed by atoms with E-state index >= 15 is 0 Å². The Bertz CT molecular complexity index is 696. The van der Waals surface area contributed by atoms with Gasteiger partial charge in [0.1, 0.15) is 5.60 Å². The fourth-order valence-corrected chi connectivity index (χ4v) is 4.84. The molecule has 158 valence electrons. The van der Waals surface area contributed by atoms with Gasteiger partial charge in [-0.05, 0) is 50.3 Å². The zero-order valence-electron chi connectivity index (χ0n) is 18.1. The maximum atomic E-state index is 6.39. The van der Waals surface area contributed by atoms with Gasteiger partial charge < -0.3 is 10.1 Å². The highest BCUT2D eigenvalue weighted by molar-refractivity contribution is 5.85. The molecule has 0 radical (unpaired) electrons. The van der Waals surface area contributed by atoms with Crippen LogP contribution in [0.15, 0.2) is 72.3 Å². The van der Waals surface area contributed by atoms with E-state index in [-0.39, 0.29) is 18.3 Å². The van der Waals surface area contributed by atoms with Crippen LogP contribution in [0.2, 0.25) is 0 Å². The van der Waals surface area contributed by atoms with Crippen LogP contribution < -0.4 is 5.32 Å². The molecule has 2 atom stereocenters. The van der Waals surface area contributed by atoms with Crippen LogP contribution in [-0.4, -0.2) is 20.2 Å². The molecule has 2 unspecified atom stereocenters. The highest BCUT2D eigenvalue weighted by Gasteiger charge is 2.43. The standard InChI is InChI=1S/C26H35NO.ClH/c1-21(25(27-2)20-19-22-13-7-4-8-14-22)26(28-3,23-15-9-5-10-16-23)24-17-11-6-12-18-24;/h5-6,9-12,15-19,21,25,27H,4,7-8,13-14,20H2,1-3H3;1H. The molecule has 0 saturated heterocycles. The summed E-state index contributed by atoms with van der Waals surface area (Å²) in [4.78, 5) is 0. The first-order chi connectivity index (χ1) is 13.7. The van der Waals surface area contributed by atoms with E-state index in [4.69, 9.17) is 4.74 Å². The van der Waals surface area contributed by atoms with Crippen LogP contribution in [0.1, 0.15) is 56.6 Å². The van der Waals surface area contributed by atoms with E-state index < -0.39 is 5.60 Å². The molecule has 3 rings (SSSR count). The molecule has 0 aromatic heterocycles. The molecule has 29 heavy (non-hydrogen) atoms. The molecule has 0 bridgehead atoms. The van der Waals surface area contributed by atoms with Crippen LogP contribution in [-0.2, 0) is 10.3 Å². The summed E-state index contributed by atoms with van der Waals surface area (Å²) in [6.07, 6.45) is 10.2. The van der Waals surface area contributed by atoms with Crippen LogP contribution >= 0.6 is 12.4 Å². The van der Waals surface area contributed by atoms with Crippen LogP contribution in [0.3, 0.4) is 0 Å². The van der Waals surface area contributed by atoms with Gasteiger partial charge in [-0.3, -0.25) is 0 Å². The van der Waals surface area contributed by atoms with Gasteiger partial charge in [0, 0.05) is 19.1 Å². The number of benzene rings is 2. The fraction of sp³-hybridized carbons (Fsp3) is 0.462. The van der Waals surface area contributed by atoms with E-state index in [2.05, 4.69) is 86.0 Å². The quantitative estimate of drug-likeness (QED) is 0.498. The minimum Gasteiger partial charge on any atom is -0.368 e. The lowest BCUT2D eigenvalue weighted by Gasteiger charge is -2.42. The van der Waals surface area contributed by atoms with Crippen molar-refractivity contribution in [1.82, 2.24) is 5.32 Å². The Morgan fingerprint density at radius 3 is 1.90 bits per heavy atom. The van der Waals surface area contributed by atoms with Crippen molar-refractivity contribution in [1.29, 1.82) is 0 Å². The van der Waals surface area contributed by atoms with Crippen molar-refractivity contribution in [3.63, 3.8) is 0 Å². The Morgan fingerprint density at radius 2 is 1.45 bits per heavy atom. The number of rotatable bonds is 8. The number of allylic oxidation sites excluding steroid dienone is 1. The number of ether oxygens (including phenoxy) is 1. The first kappa shape index (κ1) is 23.7. The van der Waals surface area contributed by atoms with Crippen LogP contribution in [0.5, 0.6) is 0 Å². The highest BCUT2D eigenvalue weighted by atomic mass is 35.5. The number of hydrogen-bond acceptors (Lipinski definition) is 2. The molecule has 0 amide bonds. The number of methoxy groups -OCH3 is 1. The molecule has 0 aliphatic heterocycles. The Labute approximate surface area is 183 Å². The Balaban J connectivity index is 0.00000300. The molecule has 0 spiro atoms. The van der Waals surface area contributed by atoms with Gasteiger partial charge in [0.15, 0.2) is 0 Å². The molecule has 1 aliphatic carbocycles. The summed E-state index contributed by atoms with van der Waals surface area (Å²) in [5.41, 5.74) is 3.58. The van der Waals surface area contributed by atoms with Gasteiger partial charge in [0.2, 0.25) is 0 Å². The lowest BCUT2D eigenvalue weighted by Crippen LogP contribution is -2.47. The average Bonchev–Trinajstić information content (AvgIpc) is 2.77. The third-order valence-electron chi connectivity index (χ3n) is 6.50. The molecule has 1 saturated carbocycles. The molecule has 1 fully saturated rings. The average molecular weight is 414 g/mol. The van der Waals surface area contributed by atoms with Gasteiger partial charge in [0.05, 0.1) is 0 Å². The summed E-state index contributed by atoms with van der Waals surface area (Å²) in [6.45, 7) is 2.32. The van der Waals surface area contributed by atoms with Gasteiger partial charge in [-0.2, -0.15) is 0 Å². The number of nitrogens with one attached hydrogen (secondary N) is 1. The third kappa shape index (κ3) is 5.31. The maximum Gasteiger partial charge on any atom is 0.122 e. The second-order valence-electron chi connectivity index (χ2n) is 8.01. The van der Waals surface area contributed by atoms with E-state index in [1.165, 1.54) is 43.2 Å². The molecule has 2 aromatic carbocycles. The zero-order valence-corrected chi connectivity index (χ0v) is 18.9. The van der Waals surface area contributed by atoms with E-state index in [0.29, 0.717) is 6.04 Å². The van der Waals surface area contributed by atoms with Crippen LogP contribution in [0.4, 0.5) is 0 Å². The molecule has 3 heteroatoms. The second kappa shape index (κ2) is 11.5. The third-order valence-corrected chi connectivity index (χ3v) is 6.50. The van der Waals surface area contributed by atoms with E-state index in [1.807, 2.05) is 7.11 Å². The normalized spacial score (nSPS) is 16.6. The monoisotopic (exact) mass is 413 g/mol. The predicted molar refractivity (Wildman–Crippen MR) is 126 cm³/mol. The summed E-state index contributed by atoms with van der Waals surface area (Å²) in [7, 11) is 3.93. The molecule has 2 nitrogen and oxygen atoms in total. The van der Waals surface area contributed by atoms with Gasteiger partial charge in [-0.25, -0.2) is 0 Å². The first-order valence-electron chi connectivity index (χ1n) is 10.7. The topological polar surface area (TPSA) is 21.3 Å². The second-order valence-corrected chi connectivity index (χ2v) is 8.01. The van der Waals surface area contributed by atoms with Gasteiger partial charge >= 0.3 is 0 Å². The molecular weight excluding hydrogens is 378 g/mol. The molecule has 2 aromatic rings.